The van der Waals surface area contributed by atoms with Gasteiger partial charge >= 0.3 is 5.97 Å². The topological polar surface area (TPSA) is 63.6 Å². The fourth-order valence-electron chi connectivity index (χ4n) is 7.35. The zero-order valence-corrected chi connectivity index (χ0v) is 15.8. The Balaban J connectivity index is 1.55. The van der Waals surface area contributed by atoms with Crippen molar-refractivity contribution < 1.29 is 19.4 Å². The van der Waals surface area contributed by atoms with Crippen molar-refractivity contribution in [1.29, 1.82) is 0 Å². The Morgan fingerprint density at radius 3 is 2.56 bits per heavy atom. The van der Waals surface area contributed by atoms with Gasteiger partial charge in [-0.3, -0.25) is 9.59 Å². The number of esters is 1. The van der Waals surface area contributed by atoms with Crippen molar-refractivity contribution in [3.8, 4) is 0 Å². The highest BCUT2D eigenvalue weighted by molar-refractivity contribution is 5.91. The fourth-order valence-corrected chi connectivity index (χ4v) is 7.35. The SMILES string of the molecule is CC(=O)O[C@H]1CC[C@@]2(C)[C@@H](CC[C@@H]3[C@H]2CC[C@]2(C)C(=O)[C@@H](O)C[C@H]32)C1. The van der Waals surface area contributed by atoms with E-state index in [-0.39, 0.29) is 23.3 Å². The van der Waals surface area contributed by atoms with Gasteiger partial charge in [-0.1, -0.05) is 13.8 Å². The zero-order chi connectivity index (χ0) is 18.0. The predicted molar refractivity (Wildman–Crippen MR) is 93.7 cm³/mol. The van der Waals surface area contributed by atoms with Gasteiger partial charge in [-0.25, -0.2) is 0 Å². The molecule has 4 fully saturated rings. The molecule has 0 unspecified atom stereocenters. The van der Waals surface area contributed by atoms with E-state index in [1.807, 2.05) is 0 Å². The highest BCUT2D eigenvalue weighted by atomic mass is 16.5. The predicted octanol–water partition coefficient (Wildman–Crippen LogP) is 3.50. The Kier molecular flexibility index (Phi) is 4.06. The van der Waals surface area contributed by atoms with Crippen LogP contribution in [0.1, 0.15) is 72.1 Å². The standard InChI is InChI=1S/C21H32O4/c1-12(22)25-14-6-8-20(2)13(10-14)4-5-15-16(20)7-9-21(3)17(15)11-18(23)19(21)24/h13-18,23H,4-11H2,1-3H3/t13-,14-,15+,16+,17+,18-,20-,21-/m0/s1. The van der Waals surface area contributed by atoms with E-state index in [2.05, 4.69) is 13.8 Å². The lowest BCUT2D eigenvalue weighted by molar-refractivity contribution is -0.160. The van der Waals surface area contributed by atoms with E-state index in [0.29, 0.717) is 35.5 Å². The number of hydrogen-bond donors (Lipinski definition) is 1. The van der Waals surface area contributed by atoms with Crippen molar-refractivity contribution in [3.63, 3.8) is 0 Å². The number of carbonyl (C=O) groups is 2. The minimum Gasteiger partial charge on any atom is -0.463 e. The largest absolute Gasteiger partial charge is 0.463 e. The molecule has 0 saturated heterocycles. The van der Waals surface area contributed by atoms with Crippen molar-refractivity contribution in [2.75, 3.05) is 0 Å². The first-order valence-corrected chi connectivity index (χ1v) is 10.2. The fraction of sp³-hybridized carbons (Fsp3) is 0.905. The molecule has 4 nitrogen and oxygen atoms in total. The van der Waals surface area contributed by atoms with Crippen LogP contribution in [-0.2, 0) is 14.3 Å². The van der Waals surface area contributed by atoms with E-state index in [4.69, 9.17) is 4.74 Å². The van der Waals surface area contributed by atoms with Crippen molar-refractivity contribution >= 4 is 11.8 Å². The van der Waals surface area contributed by atoms with Gasteiger partial charge in [0, 0.05) is 12.3 Å². The summed E-state index contributed by atoms with van der Waals surface area (Å²) < 4.78 is 5.52. The summed E-state index contributed by atoms with van der Waals surface area (Å²) in [5.41, 5.74) is 0.0101. The average Bonchev–Trinajstić information content (AvgIpc) is 2.78. The number of carbonyl (C=O) groups excluding carboxylic acids is 2. The summed E-state index contributed by atoms with van der Waals surface area (Å²) in [7, 11) is 0. The molecule has 0 amide bonds. The van der Waals surface area contributed by atoms with Crippen LogP contribution < -0.4 is 0 Å². The Morgan fingerprint density at radius 1 is 1.08 bits per heavy atom. The lowest BCUT2D eigenvalue weighted by atomic mass is 9.45. The van der Waals surface area contributed by atoms with Gasteiger partial charge in [0.1, 0.15) is 12.2 Å². The molecule has 4 aliphatic carbocycles. The summed E-state index contributed by atoms with van der Waals surface area (Å²) in [6.07, 6.45) is 7.51. The van der Waals surface area contributed by atoms with Gasteiger partial charge in [-0.05, 0) is 80.5 Å². The van der Waals surface area contributed by atoms with Crippen LogP contribution in [0.3, 0.4) is 0 Å². The van der Waals surface area contributed by atoms with Crippen molar-refractivity contribution in [2.24, 2.45) is 34.5 Å². The number of Topliss-reactive ketones (excluding diaryl/α,β-unsaturated/α-hetero) is 1. The van der Waals surface area contributed by atoms with Crippen LogP contribution in [0.2, 0.25) is 0 Å². The Bertz CT molecular complexity index is 586. The highest BCUT2D eigenvalue weighted by Gasteiger charge is 2.62. The molecule has 140 valence electrons. The van der Waals surface area contributed by atoms with E-state index in [1.165, 1.54) is 13.3 Å². The second kappa shape index (κ2) is 5.80. The molecule has 0 spiro atoms. The number of fused-ring (bicyclic) bond motifs is 5. The molecule has 4 heteroatoms. The number of ketones is 1. The third kappa shape index (κ3) is 2.50. The summed E-state index contributed by atoms with van der Waals surface area (Å²) in [6, 6.07) is 0. The number of aliphatic hydroxyl groups excluding tert-OH is 1. The van der Waals surface area contributed by atoms with Crippen molar-refractivity contribution in [2.45, 2.75) is 84.3 Å². The minimum atomic E-state index is -0.737. The molecule has 0 aliphatic heterocycles. The van der Waals surface area contributed by atoms with Crippen molar-refractivity contribution in [1.82, 2.24) is 0 Å². The molecular weight excluding hydrogens is 316 g/mol. The van der Waals surface area contributed by atoms with Gasteiger partial charge < -0.3 is 9.84 Å². The molecular formula is C21H32O4. The highest BCUT2D eigenvalue weighted by Crippen LogP contribution is 2.65. The third-order valence-corrected chi connectivity index (χ3v) is 8.68. The molecule has 4 rings (SSSR count). The third-order valence-electron chi connectivity index (χ3n) is 8.68. The van der Waals surface area contributed by atoms with Crippen LogP contribution >= 0.6 is 0 Å². The normalized spacial score (nSPS) is 52.1. The smallest absolute Gasteiger partial charge is 0.302 e. The molecule has 1 N–H and O–H groups in total. The maximum Gasteiger partial charge on any atom is 0.302 e. The van der Waals surface area contributed by atoms with Gasteiger partial charge in [-0.2, -0.15) is 0 Å². The van der Waals surface area contributed by atoms with E-state index in [1.54, 1.807) is 0 Å². The number of rotatable bonds is 1. The molecule has 0 heterocycles. The quantitative estimate of drug-likeness (QED) is 0.737. The van der Waals surface area contributed by atoms with Crippen LogP contribution in [0.15, 0.2) is 0 Å². The number of ether oxygens (including phenoxy) is 1. The van der Waals surface area contributed by atoms with Crippen LogP contribution in [-0.4, -0.2) is 29.1 Å². The maximum atomic E-state index is 12.5. The maximum absolute atomic E-state index is 12.5. The van der Waals surface area contributed by atoms with E-state index >= 15 is 0 Å². The van der Waals surface area contributed by atoms with Crippen LogP contribution in [0.25, 0.3) is 0 Å². The molecule has 0 aromatic heterocycles. The first-order valence-electron chi connectivity index (χ1n) is 10.2. The molecule has 4 aliphatic rings. The molecule has 4 saturated carbocycles. The van der Waals surface area contributed by atoms with E-state index in [9.17, 15) is 14.7 Å². The molecule has 0 bridgehead atoms. The second-order valence-corrected chi connectivity index (χ2v) is 9.73. The molecule has 0 radical (unpaired) electrons. The first-order chi connectivity index (χ1) is 11.8. The number of aliphatic hydroxyl groups is 1. The summed E-state index contributed by atoms with van der Waals surface area (Å²) in [6.45, 7) is 6.07. The zero-order valence-electron chi connectivity index (χ0n) is 15.8. The summed E-state index contributed by atoms with van der Waals surface area (Å²) in [5.74, 6) is 2.15. The van der Waals surface area contributed by atoms with Gasteiger partial charge in [-0.15, -0.1) is 0 Å². The molecule has 0 aromatic rings. The first kappa shape index (κ1) is 17.5. The number of hydrogen-bond acceptors (Lipinski definition) is 4. The van der Waals surface area contributed by atoms with Gasteiger partial charge in [0.05, 0.1) is 0 Å². The van der Waals surface area contributed by atoms with Crippen molar-refractivity contribution in [3.05, 3.63) is 0 Å². The molecule has 8 atom stereocenters. The van der Waals surface area contributed by atoms with E-state index < -0.39 is 6.10 Å². The monoisotopic (exact) mass is 348 g/mol. The summed E-state index contributed by atoms with van der Waals surface area (Å²) >= 11 is 0. The Hall–Kier alpha value is -0.900. The van der Waals surface area contributed by atoms with E-state index in [0.717, 1.165) is 38.5 Å². The van der Waals surface area contributed by atoms with Gasteiger partial charge in [0.2, 0.25) is 0 Å². The molecule has 0 aromatic carbocycles. The van der Waals surface area contributed by atoms with Gasteiger partial charge in [0.25, 0.3) is 0 Å². The Morgan fingerprint density at radius 2 is 1.84 bits per heavy atom. The summed E-state index contributed by atoms with van der Waals surface area (Å²) in [5, 5.41) is 10.2. The summed E-state index contributed by atoms with van der Waals surface area (Å²) in [4.78, 5) is 23.9. The lowest BCUT2D eigenvalue weighted by Gasteiger charge is -2.60. The van der Waals surface area contributed by atoms with Crippen LogP contribution in [0, 0.1) is 34.5 Å². The lowest BCUT2D eigenvalue weighted by Crippen LogP contribution is -2.54. The Labute approximate surface area is 150 Å². The second-order valence-electron chi connectivity index (χ2n) is 9.73. The van der Waals surface area contributed by atoms with Gasteiger partial charge in [0.15, 0.2) is 5.78 Å². The average molecular weight is 348 g/mol. The van der Waals surface area contributed by atoms with Crippen LogP contribution in [0.4, 0.5) is 0 Å². The molecule has 25 heavy (non-hydrogen) atoms. The van der Waals surface area contributed by atoms with Crippen LogP contribution in [0.5, 0.6) is 0 Å². The minimum absolute atomic E-state index is 0.0934.